The normalized spacial score (nSPS) is 12.3. The van der Waals surface area contributed by atoms with E-state index in [2.05, 4.69) is 15.2 Å². The minimum absolute atomic E-state index is 0.154. The van der Waals surface area contributed by atoms with Crippen LogP contribution in [0.5, 0.6) is 11.5 Å². The van der Waals surface area contributed by atoms with Gasteiger partial charge in [0, 0.05) is 23.3 Å². The number of halogens is 2. The van der Waals surface area contributed by atoms with E-state index < -0.39 is 0 Å². The topological polar surface area (TPSA) is 92.9 Å². The summed E-state index contributed by atoms with van der Waals surface area (Å²) in [6.07, 6.45) is 1.07. The first kappa shape index (κ1) is 22.5. The van der Waals surface area contributed by atoms with Gasteiger partial charge in [-0.2, -0.15) is 5.10 Å². The van der Waals surface area contributed by atoms with Crippen LogP contribution in [0, 0.1) is 5.82 Å². The molecule has 7 nitrogen and oxygen atoms in total. The van der Waals surface area contributed by atoms with Crippen molar-refractivity contribution in [2.45, 2.75) is 30.7 Å². The maximum absolute atomic E-state index is 13.2. The molecular weight excluding hydrogens is 479 g/mol. The lowest BCUT2D eigenvalue weighted by molar-refractivity contribution is 0.174. The van der Waals surface area contributed by atoms with Crippen LogP contribution in [0.2, 0.25) is 5.02 Å². The summed E-state index contributed by atoms with van der Waals surface area (Å²) in [5.41, 5.74) is 4.14. The summed E-state index contributed by atoms with van der Waals surface area (Å²) in [4.78, 5) is 20.3. The van der Waals surface area contributed by atoms with E-state index in [1.807, 2.05) is 25.1 Å². The minimum Gasteiger partial charge on any atom is -0.454 e. The molecule has 0 aliphatic carbocycles. The van der Waals surface area contributed by atoms with Crippen LogP contribution in [0.1, 0.15) is 29.4 Å². The van der Waals surface area contributed by atoms with E-state index in [-0.39, 0.29) is 18.2 Å². The van der Waals surface area contributed by atoms with Crippen molar-refractivity contribution in [1.82, 2.24) is 20.2 Å². The van der Waals surface area contributed by atoms with E-state index in [1.165, 1.54) is 23.9 Å². The molecule has 0 fully saturated rings. The highest BCUT2D eigenvalue weighted by Gasteiger charge is 2.17. The fraction of sp³-hybridized carbons (Fsp3) is 0.208. The van der Waals surface area contributed by atoms with Gasteiger partial charge in [-0.3, -0.25) is 9.89 Å². The fourth-order valence-corrected chi connectivity index (χ4v) is 4.91. The Morgan fingerprint density at radius 3 is 2.74 bits per heavy atom. The van der Waals surface area contributed by atoms with Gasteiger partial charge in [0.05, 0.1) is 16.4 Å². The second-order valence-corrected chi connectivity index (χ2v) is 9.02. The highest BCUT2D eigenvalue weighted by molar-refractivity contribution is 7.98. The third-order valence-electron chi connectivity index (χ3n) is 5.49. The van der Waals surface area contributed by atoms with Crippen LogP contribution in [-0.2, 0) is 18.6 Å². The lowest BCUT2D eigenvalue weighted by atomic mass is 10.0. The van der Waals surface area contributed by atoms with Gasteiger partial charge in [-0.1, -0.05) is 36.4 Å². The van der Waals surface area contributed by atoms with Crippen LogP contribution in [0.25, 0.3) is 11.3 Å². The summed E-state index contributed by atoms with van der Waals surface area (Å²) in [5, 5.41) is 8.14. The molecule has 2 N–H and O–H groups in total. The number of hydrogen-bond acceptors (Lipinski definition) is 6. The number of nitrogens with one attached hydrogen (secondary N) is 2. The molecule has 34 heavy (non-hydrogen) atoms. The van der Waals surface area contributed by atoms with Crippen molar-refractivity contribution in [2.75, 3.05) is 6.79 Å². The number of nitrogens with zero attached hydrogens (tertiary/aromatic N) is 2. The Hall–Kier alpha value is -3.30. The van der Waals surface area contributed by atoms with Crippen molar-refractivity contribution < 1.29 is 13.9 Å². The highest BCUT2D eigenvalue weighted by atomic mass is 35.5. The standard InChI is InChI=1S/C24H20ClFN4O3S/c1-2-16-17(9-13-3-8-19-20(10-13)33-12-32-19)27-24(28-23(16)31)34-11-18-21(25)22(30-29-18)14-4-6-15(26)7-5-14/h3-8,10H,2,9,11-12H2,1H3,(H,29,30)(H,27,28,31). The van der Waals surface area contributed by atoms with Gasteiger partial charge in [-0.05, 0) is 48.4 Å². The zero-order chi connectivity index (χ0) is 23.7. The maximum Gasteiger partial charge on any atom is 0.254 e. The second-order valence-electron chi connectivity index (χ2n) is 7.67. The van der Waals surface area contributed by atoms with Crippen LogP contribution in [0.4, 0.5) is 4.39 Å². The molecule has 2 aromatic heterocycles. The first-order valence-electron chi connectivity index (χ1n) is 10.6. The molecule has 174 valence electrons. The molecular formula is C24H20ClFN4O3S. The zero-order valence-corrected chi connectivity index (χ0v) is 19.7. The molecule has 0 saturated carbocycles. The molecule has 0 spiro atoms. The van der Waals surface area contributed by atoms with E-state index in [0.29, 0.717) is 62.8 Å². The molecule has 0 atom stereocenters. The third-order valence-corrected chi connectivity index (χ3v) is 6.79. The quantitative estimate of drug-likeness (QED) is 0.271. The molecule has 3 heterocycles. The summed E-state index contributed by atoms with van der Waals surface area (Å²) in [7, 11) is 0. The van der Waals surface area contributed by atoms with E-state index in [4.69, 9.17) is 26.1 Å². The average Bonchev–Trinajstić information content (AvgIpc) is 3.44. The molecule has 0 bridgehead atoms. The van der Waals surface area contributed by atoms with Gasteiger partial charge in [0.2, 0.25) is 6.79 Å². The summed E-state index contributed by atoms with van der Waals surface area (Å²) in [5.74, 6) is 1.51. The van der Waals surface area contributed by atoms with Crippen molar-refractivity contribution in [1.29, 1.82) is 0 Å². The predicted octanol–water partition coefficient (Wildman–Crippen LogP) is 5.13. The van der Waals surface area contributed by atoms with Gasteiger partial charge in [0.1, 0.15) is 11.5 Å². The van der Waals surface area contributed by atoms with Crippen LogP contribution in [0.15, 0.2) is 52.4 Å². The van der Waals surface area contributed by atoms with Crippen LogP contribution in [0.3, 0.4) is 0 Å². The number of H-pyrrole nitrogens is 2. The lowest BCUT2D eigenvalue weighted by Crippen LogP contribution is -2.18. The summed E-state index contributed by atoms with van der Waals surface area (Å²) in [6.45, 7) is 2.14. The fourth-order valence-electron chi connectivity index (χ4n) is 3.74. The summed E-state index contributed by atoms with van der Waals surface area (Å²) >= 11 is 7.86. The molecule has 2 aromatic carbocycles. The Morgan fingerprint density at radius 2 is 1.94 bits per heavy atom. The van der Waals surface area contributed by atoms with Gasteiger partial charge >= 0.3 is 0 Å². The molecule has 4 aromatic rings. The first-order valence-corrected chi connectivity index (χ1v) is 12.0. The van der Waals surface area contributed by atoms with E-state index >= 15 is 0 Å². The third kappa shape index (κ3) is 4.53. The number of ether oxygens (including phenoxy) is 2. The number of rotatable bonds is 7. The maximum atomic E-state index is 13.2. The molecule has 0 unspecified atom stereocenters. The number of hydrogen-bond donors (Lipinski definition) is 2. The number of aromatic amines is 2. The van der Waals surface area contributed by atoms with Crippen LogP contribution >= 0.6 is 23.4 Å². The molecule has 0 radical (unpaired) electrons. The van der Waals surface area contributed by atoms with Crippen molar-refractivity contribution in [3.8, 4) is 22.8 Å². The first-order chi connectivity index (χ1) is 16.5. The smallest absolute Gasteiger partial charge is 0.254 e. The van der Waals surface area contributed by atoms with Gasteiger partial charge in [-0.25, -0.2) is 9.37 Å². The van der Waals surface area contributed by atoms with Gasteiger partial charge in [0.25, 0.3) is 5.56 Å². The molecule has 1 aliphatic heterocycles. The lowest BCUT2D eigenvalue weighted by Gasteiger charge is -2.09. The van der Waals surface area contributed by atoms with E-state index in [0.717, 1.165) is 11.3 Å². The Bertz CT molecular complexity index is 1400. The summed E-state index contributed by atoms with van der Waals surface area (Å²) in [6, 6.07) is 11.7. The predicted molar refractivity (Wildman–Crippen MR) is 128 cm³/mol. The number of thioether (sulfide) groups is 1. The van der Waals surface area contributed by atoms with E-state index in [9.17, 15) is 9.18 Å². The van der Waals surface area contributed by atoms with Crippen molar-refractivity contribution in [2.24, 2.45) is 0 Å². The average molecular weight is 499 g/mol. The van der Waals surface area contributed by atoms with Crippen molar-refractivity contribution in [3.05, 3.63) is 86.2 Å². The van der Waals surface area contributed by atoms with Gasteiger partial charge < -0.3 is 14.5 Å². The molecule has 0 saturated heterocycles. The Morgan fingerprint density at radius 1 is 1.15 bits per heavy atom. The second kappa shape index (κ2) is 9.52. The largest absolute Gasteiger partial charge is 0.454 e. The zero-order valence-electron chi connectivity index (χ0n) is 18.2. The summed E-state index contributed by atoms with van der Waals surface area (Å²) < 4.78 is 24.1. The molecule has 0 amide bonds. The molecule has 1 aliphatic rings. The Balaban J connectivity index is 1.36. The Kier molecular flexibility index (Phi) is 6.30. The molecule has 5 rings (SSSR count). The van der Waals surface area contributed by atoms with Gasteiger partial charge in [0.15, 0.2) is 16.7 Å². The van der Waals surface area contributed by atoms with Crippen molar-refractivity contribution in [3.63, 3.8) is 0 Å². The monoisotopic (exact) mass is 498 g/mol. The minimum atomic E-state index is -0.326. The highest BCUT2D eigenvalue weighted by Crippen LogP contribution is 2.34. The van der Waals surface area contributed by atoms with Crippen LogP contribution in [-0.4, -0.2) is 27.0 Å². The number of benzene rings is 2. The molecule has 10 heteroatoms. The SMILES string of the molecule is CCc1c(Cc2ccc3c(c2)OCO3)nc(SCc2[nH]nc(-c3ccc(F)cc3)c2Cl)[nH]c1=O. The van der Waals surface area contributed by atoms with Crippen molar-refractivity contribution >= 4 is 23.4 Å². The number of aromatic nitrogens is 4. The van der Waals surface area contributed by atoms with E-state index in [1.54, 1.807) is 12.1 Å². The Labute approximate surface area is 203 Å². The van der Waals surface area contributed by atoms with Gasteiger partial charge in [-0.15, -0.1) is 0 Å². The number of fused-ring (bicyclic) bond motifs is 1. The van der Waals surface area contributed by atoms with Crippen LogP contribution < -0.4 is 15.0 Å².